The molecule has 0 atom stereocenters. The fraction of sp³-hybridized carbons (Fsp3) is 0.250. The van der Waals surface area contributed by atoms with Gasteiger partial charge in [0.1, 0.15) is 0 Å². The van der Waals surface area contributed by atoms with Gasteiger partial charge in [0.15, 0.2) is 0 Å². The summed E-state index contributed by atoms with van der Waals surface area (Å²) in [5.41, 5.74) is 9.29. The number of anilines is 3. The molecule has 3 aromatic rings. The van der Waals surface area contributed by atoms with Gasteiger partial charge in [0.25, 0.3) is 0 Å². The Kier molecular flexibility index (Phi) is 7.24. The molecule has 0 saturated carbocycles. The second-order valence-corrected chi connectivity index (χ2v) is 7.73. The fourth-order valence-electron chi connectivity index (χ4n) is 3.55. The highest BCUT2D eigenvalue weighted by molar-refractivity contribution is 5.95. The Bertz CT molecular complexity index is 1060. The van der Waals surface area contributed by atoms with Gasteiger partial charge in [-0.15, -0.1) is 0 Å². The quantitative estimate of drug-likeness (QED) is 0.366. The van der Waals surface area contributed by atoms with Crippen molar-refractivity contribution < 1.29 is 0 Å². The number of aliphatic imine (C=N–C) groups is 1. The van der Waals surface area contributed by atoms with Crippen LogP contribution in [0.15, 0.2) is 83.9 Å². The van der Waals surface area contributed by atoms with Crippen molar-refractivity contribution in [1.82, 2.24) is 0 Å². The normalized spacial score (nSPS) is 11.8. The van der Waals surface area contributed by atoms with Gasteiger partial charge in [-0.3, -0.25) is 4.99 Å². The maximum atomic E-state index is 4.79. The summed E-state index contributed by atoms with van der Waals surface area (Å²) in [5.74, 6) is 0. The Labute approximate surface area is 181 Å². The second-order valence-electron chi connectivity index (χ2n) is 7.73. The Morgan fingerprint density at radius 3 is 2.23 bits per heavy atom. The van der Waals surface area contributed by atoms with Gasteiger partial charge in [-0.25, -0.2) is 0 Å². The number of hydrogen-bond donors (Lipinski definition) is 0. The van der Waals surface area contributed by atoms with E-state index in [2.05, 4.69) is 118 Å². The van der Waals surface area contributed by atoms with Gasteiger partial charge in [0, 0.05) is 22.8 Å². The standard InChI is InChI=1S/C28H32N2/c1-6-8-12-23(5)29-28-17-16-27(19-22(28)4)30(25-14-9-11-21(3)18-25)26-15-10-13-24(7-2)20-26/h8-20H,6-7H2,1-5H3/b12-8-,29-23?. The summed E-state index contributed by atoms with van der Waals surface area (Å²) in [4.78, 5) is 7.12. The lowest BCUT2D eigenvalue weighted by atomic mass is 10.1. The molecule has 154 valence electrons. The molecule has 0 bridgehead atoms. The molecule has 30 heavy (non-hydrogen) atoms. The lowest BCUT2D eigenvalue weighted by Crippen LogP contribution is -2.10. The van der Waals surface area contributed by atoms with E-state index in [4.69, 9.17) is 4.99 Å². The van der Waals surface area contributed by atoms with E-state index in [1.165, 1.54) is 28.1 Å². The second kappa shape index (κ2) is 10.1. The molecule has 0 saturated heterocycles. The Hall–Kier alpha value is -3.13. The van der Waals surface area contributed by atoms with Gasteiger partial charge in [0.2, 0.25) is 0 Å². The van der Waals surface area contributed by atoms with Crippen LogP contribution in [0.4, 0.5) is 22.7 Å². The molecule has 3 rings (SSSR count). The van der Waals surface area contributed by atoms with E-state index in [0.29, 0.717) is 0 Å². The molecule has 0 aliphatic heterocycles. The van der Waals surface area contributed by atoms with Crippen LogP contribution in [0, 0.1) is 13.8 Å². The van der Waals surface area contributed by atoms with E-state index < -0.39 is 0 Å². The topological polar surface area (TPSA) is 15.6 Å². The van der Waals surface area contributed by atoms with Crippen LogP contribution in [0.25, 0.3) is 0 Å². The molecule has 0 aromatic heterocycles. The first-order valence-corrected chi connectivity index (χ1v) is 10.8. The zero-order valence-corrected chi connectivity index (χ0v) is 18.8. The molecule has 0 spiro atoms. The number of hydrogen-bond acceptors (Lipinski definition) is 2. The lowest BCUT2D eigenvalue weighted by Gasteiger charge is -2.27. The number of nitrogens with zero attached hydrogens (tertiary/aromatic N) is 2. The summed E-state index contributed by atoms with van der Waals surface area (Å²) >= 11 is 0. The minimum absolute atomic E-state index is 1.02. The molecule has 2 heteroatoms. The SMILES string of the molecule is CC/C=C\C(C)=Nc1ccc(N(c2cccc(C)c2)c2cccc(CC)c2)cc1C. The molecule has 0 N–H and O–H groups in total. The lowest BCUT2D eigenvalue weighted by molar-refractivity contribution is 1.13. The summed E-state index contributed by atoms with van der Waals surface area (Å²) in [7, 11) is 0. The van der Waals surface area contributed by atoms with Crippen LogP contribution in [0.1, 0.15) is 43.9 Å². The highest BCUT2D eigenvalue weighted by Crippen LogP contribution is 2.37. The van der Waals surface area contributed by atoms with Gasteiger partial charge in [0.05, 0.1) is 5.69 Å². The molecule has 2 nitrogen and oxygen atoms in total. The predicted octanol–water partition coefficient (Wildman–Crippen LogP) is 8.39. The molecule has 3 aromatic carbocycles. The Morgan fingerprint density at radius 2 is 1.57 bits per heavy atom. The van der Waals surface area contributed by atoms with Crippen LogP contribution in [-0.2, 0) is 6.42 Å². The summed E-state index contributed by atoms with van der Waals surface area (Å²) in [6.07, 6.45) is 6.27. The van der Waals surface area contributed by atoms with Crippen LogP contribution in [0.5, 0.6) is 0 Å². The van der Waals surface area contributed by atoms with Crippen LogP contribution in [0.3, 0.4) is 0 Å². The van der Waals surface area contributed by atoms with E-state index in [9.17, 15) is 0 Å². The molecular formula is C28H32N2. The Balaban J connectivity index is 2.08. The first-order chi connectivity index (χ1) is 14.5. The van der Waals surface area contributed by atoms with Crippen molar-refractivity contribution in [3.63, 3.8) is 0 Å². The molecule has 0 aliphatic carbocycles. The van der Waals surface area contributed by atoms with Gasteiger partial charge in [-0.1, -0.05) is 44.2 Å². The average Bonchev–Trinajstić information content (AvgIpc) is 2.74. The van der Waals surface area contributed by atoms with Crippen molar-refractivity contribution in [2.45, 2.75) is 47.5 Å². The van der Waals surface area contributed by atoms with E-state index in [1.807, 2.05) is 0 Å². The van der Waals surface area contributed by atoms with Crippen molar-refractivity contribution in [3.8, 4) is 0 Å². The molecule has 0 fully saturated rings. The van der Waals surface area contributed by atoms with Crippen LogP contribution in [-0.4, -0.2) is 5.71 Å². The van der Waals surface area contributed by atoms with Crippen molar-refractivity contribution in [3.05, 3.63) is 95.6 Å². The predicted molar refractivity (Wildman–Crippen MR) is 132 cm³/mol. The summed E-state index contributed by atoms with van der Waals surface area (Å²) < 4.78 is 0. The van der Waals surface area contributed by atoms with Crippen molar-refractivity contribution in [1.29, 1.82) is 0 Å². The largest absolute Gasteiger partial charge is 0.310 e. The van der Waals surface area contributed by atoms with Crippen molar-refractivity contribution in [2.75, 3.05) is 4.90 Å². The molecule has 0 unspecified atom stereocenters. The summed E-state index contributed by atoms with van der Waals surface area (Å²) in [6, 6.07) is 24.0. The van der Waals surface area contributed by atoms with Crippen molar-refractivity contribution in [2.24, 2.45) is 4.99 Å². The van der Waals surface area contributed by atoms with Crippen molar-refractivity contribution >= 4 is 28.5 Å². The molecule has 0 heterocycles. The van der Waals surface area contributed by atoms with E-state index >= 15 is 0 Å². The van der Waals surface area contributed by atoms with Gasteiger partial charge in [-0.2, -0.15) is 0 Å². The van der Waals surface area contributed by atoms with Gasteiger partial charge in [-0.05, 0) is 98.8 Å². The third-order valence-corrected chi connectivity index (χ3v) is 5.17. The molecule has 0 amide bonds. The van der Waals surface area contributed by atoms with Crippen LogP contribution < -0.4 is 4.90 Å². The maximum absolute atomic E-state index is 4.79. The zero-order chi connectivity index (χ0) is 21.5. The zero-order valence-electron chi connectivity index (χ0n) is 18.8. The van der Waals surface area contributed by atoms with Crippen LogP contribution in [0.2, 0.25) is 0 Å². The summed E-state index contributed by atoms with van der Waals surface area (Å²) in [6.45, 7) is 10.7. The van der Waals surface area contributed by atoms with Gasteiger partial charge >= 0.3 is 0 Å². The van der Waals surface area contributed by atoms with E-state index in [1.54, 1.807) is 0 Å². The first-order valence-electron chi connectivity index (χ1n) is 10.8. The smallest absolute Gasteiger partial charge is 0.0663 e. The average molecular weight is 397 g/mol. The Morgan fingerprint density at radius 1 is 0.867 bits per heavy atom. The van der Waals surface area contributed by atoms with Crippen LogP contribution >= 0.6 is 0 Å². The summed E-state index contributed by atoms with van der Waals surface area (Å²) in [5, 5.41) is 0. The number of rotatable bonds is 7. The third kappa shape index (κ3) is 5.27. The minimum Gasteiger partial charge on any atom is -0.310 e. The monoisotopic (exact) mass is 396 g/mol. The van der Waals surface area contributed by atoms with E-state index in [-0.39, 0.29) is 0 Å². The highest BCUT2D eigenvalue weighted by Gasteiger charge is 2.14. The third-order valence-electron chi connectivity index (χ3n) is 5.17. The number of benzene rings is 3. The highest BCUT2D eigenvalue weighted by atomic mass is 15.1. The number of aryl methyl sites for hydroxylation is 3. The van der Waals surface area contributed by atoms with Gasteiger partial charge < -0.3 is 4.90 Å². The fourth-order valence-corrected chi connectivity index (χ4v) is 3.55. The minimum atomic E-state index is 1.02. The molecule has 0 radical (unpaired) electrons. The first kappa shape index (κ1) is 21.6. The molecule has 0 aliphatic rings. The maximum Gasteiger partial charge on any atom is 0.0663 e. The van der Waals surface area contributed by atoms with E-state index in [0.717, 1.165) is 29.9 Å². The molecular weight excluding hydrogens is 364 g/mol. The number of allylic oxidation sites excluding steroid dienone is 2.